The fourth-order valence-corrected chi connectivity index (χ4v) is 0.404. The molecule has 1 atom stereocenters. The van der Waals surface area contributed by atoms with Crippen LogP contribution < -0.4 is 0 Å². The van der Waals surface area contributed by atoms with Crippen LogP contribution in [0.4, 0.5) is 0 Å². The Morgan fingerprint density at radius 3 is 2.78 bits per heavy atom. The van der Waals surface area contributed by atoms with Gasteiger partial charge in [-0.3, -0.25) is 0 Å². The average Bonchev–Trinajstić information content (AvgIpc) is 1.81. The fourth-order valence-electron chi connectivity index (χ4n) is 0.254. The van der Waals surface area contributed by atoms with E-state index < -0.39 is 0 Å². The predicted molar refractivity (Wildman–Crippen MR) is 45.1 cm³/mol. The zero-order chi connectivity index (χ0) is 6.24. The molecule has 1 unspecified atom stereocenters. The van der Waals surface area contributed by atoms with Gasteiger partial charge in [0.15, 0.2) is 0 Å². The molecule has 0 fully saturated rings. The van der Waals surface area contributed by atoms with Gasteiger partial charge in [-0.25, -0.2) is 0 Å². The van der Waals surface area contributed by atoms with E-state index >= 15 is 0 Å². The van der Waals surface area contributed by atoms with Gasteiger partial charge < -0.3 is 4.84 Å². The first-order valence-electron chi connectivity index (χ1n) is 2.75. The molecule has 1 radical (unpaired) electrons. The second kappa shape index (κ2) is 11.7. The molecule has 0 rings (SSSR count). The summed E-state index contributed by atoms with van der Waals surface area (Å²) in [6.45, 7) is 2.57. The second-order valence-corrected chi connectivity index (χ2v) is 1.86. The van der Waals surface area contributed by atoms with Gasteiger partial charge in [-0.1, -0.05) is 5.16 Å². The molecule has 9 heavy (non-hydrogen) atoms. The summed E-state index contributed by atoms with van der Waals surface area (Å²) in [4.78, 5) is 4.70. The van der Waals surface area contributed by atoms with Gasteiger partial charge in [0.2, 0.25) is 0 Å². The van der Waals surface area contributed by atoms with E-state index in [0.717, 1.165) is 12.6 Å². The molecule has 0 amide bonds. The molecule has 0 N–H and O–H groups in total. The van der Waals surface area contributed by atoms with Crippen molar-refractivity contribution < 1.29 is 4.84 Å². The molecule has 0 aliphatic heterocycles. The maximum atomic E-state index is 4.70. The Morgan fingerprint density at radius 2 is 2.33 bits per heavy atom. The van der Waals surface area contributed by atoms with Crippen LogP contribution in [0.3, 0.4) is 0 Å². The monoisotopic (exact) mass is 156 g/mol. The molecule has 0 saturated carbocycles. The van der Waals surface area contributed by atoms with Crippen molar-refractivity contribution in [3.8, 4) is 0 Å². The van der Waals surface area contributed by atoms with Crippen molar-refractivity contribution in [1.82, 2.24) is 0 Å². The van der Waals surface area contributed by atoms with E-state index in [4.69, 9.17) is 4.84 Å². The van der Waals surface area contributed by atoms with E-state index in [1.165, 1.54) is 0 Å². The van der Waals surface area contributed by atoms with Crippen LogP contribution in [-0.2, 0) is 4.84 Å². The van der Waals surface area contributed by atoms with Gasteiger partial charge in [-0.15, -0.1) is 9.24 Å². The van der Waals surface area contributed by atoms with Crippen LogP contribution in [0.1, 0.15) is 13.3 Å². The van der Waals surface area contributed by atoms with E-state index in [-0.39, 0.29) is 29.6 Å². The van der Waals surface area contributed by atoms with Crippen molar-refractivity contribution in [3.05, 3.63) is 0 Å². The van der Waals surface area contributed by atoms with Gasteiger partial charge in [0.25, 0.3) is 0 Å². The Kier molecular flexibility index (Phi) is 16.3. The minimum Gasteiger partial charge on any atom is -0.396 e. The van der Waals surface area contributed by atoms with Crippen LogP contribution in [-0.4, -0.2) is 48.5 Å². The summed E-state index contributed by atoms with van der Waals surface area (Å²) in [6, 6.07) is 0. The van der Waals surface area contributed by atoms with Crippen molar-refractivity contribution in [2.45, 2.75) is 13.3 Å². The molecule has 0 bridgehead atoms. The Balaban J connectivity index is 0. The average molecular weight is 156 g/mol. The van der Waals surface area contributed by atoms with Gasteiger partial charge in [0.05, 0.1) is 0 Å². The number of nitrogens with zero attached hydrogens (tertiary/aromatic N) is 1. The van der Waals surface area contributed by atoms with Crippen molar-refractivity contribution in [1.29, 1.82) is 0 Å². The molecule has 4 heteroatoms. The topological polar surface area (TPSA) is 21.6 Å². The number of rotatable bonds is 4. The van der Waals surface area contributed by atoms with Gasteiger partial charge in [0.1, 0.15) is 6.61 Å². The fraction of sp³-hybridized carbons (Fsp3) is 0.800. The van der Waals surface area contributed by atoms with Crippen LogP contribution in [0.15, 0.2) is 5.16 Å². The van der Waals surface area contributed by atoms with Crippen LogP contribution in [0.25, 0.3) is 0 Å². The largest absolute Gasteiger partial charge is 0.396 e. The molecular formula is C5H12NNaOP. The number of hydrogen-bond acceptors (Lipinski definition) is 2. The quantitative estimate of drug-likeness (QED) is 0.256. The summed E-state index contributed by atoms with van der Waals surface area (Å²) in [5.74, 6) is 0. The maximum absolute atomic E-state index is 4.70. The van der Waals surface area contributed by atoms with E-state index in [0.29, 0.717) is 6.61 Å². The van der Waals surface area contributed by atoms with Crippen LogP contribution in [0, 0.1) is 0 Å². The molecular weight excluding hydrogens is 144 g/mol. The molecule has 2 nitrogen and oxygen atoms in total. The van der Waals surface area contributed by atoms with Gasteiger partial charge in [-0.05, 0) is 19.5 Å². The minimum absolute atomic E-state index is 0. The molecule has 49 valence electrons. The SMILES string of the molecule is CCON=CCCP.[Na]. The standard InChI is InChI=1S/C5H12NOP.Na/c1-2-7-6-4-3-5-8;/h4H,2-3,5,8H2,1H3;. The van der Waals surface area contributed by atoms with E-state index in [1.54, 1.807) is 6.21 Å². The smallest absolute Gasteiger partial charge is 0.114 e. The maximum Gasteiger partial charge on any atom is 0.114 e. The molecule has 0 aliphatic carbocycles. The van der Waals surface area contributed by atoms with Crippen molar-refractivity contribution in [3.63, 3.8) is 0 Å². The summed E-state index contributed by atoms with van der Waals surface area (Å²) in [6.07, 6.45) is 3.80. The summed E-state index contributed by atoms with van der Waals surface area (Å²) in [5.41, 5.74) is 0. The molecule has 0 aromatic heterocycles. The zero-order valence-corrected chi connectivity index (χ0v) is 9.29. The van der Waals surface area contributed by atoms with Crippen LogP contribution >= 0.6 is 9.24 Å². The Hall–Kier alpha value is 0.900. The normalized spacial score (nSPS) is 9.11. The molecule has 0 heterocycles. The minimum atomic E-state index is 0. The molecule has 0 aromatic rings. The van der Waals surface area contributed by atoms with Gasteiger partial charge in [0, 0.05) is 35.8 Å². The Labute approximate surface area is 80.9 Å². The van der Waals surface area contributed by atoms with Crippen LogP contribution in [0.5, 0.6) is 0 Å². The summed E-state index contributed by atoms with van der Waals surface area (Å²) in [5, 5.41) is 3.64. The molecule has 0 spiro atoms. The first-order valence-corrected chi connectivity index (χ1v) is 3.57. The number of hydrogen-bond donors (Lipinski definition) is 0. The van der Waals surface area contributed by atoms with Gasteiger partial charge in [-0.2, -0.15) is 0 Å². The molecule has 0 saturated heterocycles. The van der Waals surface area contributed by atoms with E-state index in [2.05, 4.69) is 14.4 Å². The second-order valence-electron chi connectivity index (χ2n) is 1.28. The van der Waals surface area contributed by atoms with Crippen molar-refractivity contribution in [2.24, 2.45) is 5.16 Å². The Morgan fingerprint density at radius 1 is 1.67 bits per heavy atom. The van der Waals surface area contributed by atoms with Crippen LogP contribution in [0.2, 0.25) is 0 Å². The third-order valence-electron chi connectivity index (χ3n) is 0.574. The first-order chi connectivity index (χ1) is 3.91. The van der Waals surface area contributed by atoms with E-state index in [1.807, 2.05) is 6.92 Å². The Bertz CT molecular complexity index is 62.0. The van der Waals surface area contributed by atoms with Gasteiger partial charge >= 0.3 is 0 Å². The summed E-state index contributed by atoms with van der Waals surface area (Å²) >= 11 is 0. The van der Waals surface area contributed by atoms with Crippen molar-refractivity contribution >= 4 is 45.0 Å². The molecule has 0 aliphatic rings. The summed E-state index contributed by atoms with van der Waals surface area (Å²) in [7, 11) is 2.62. The summed E-state index contributed by atoms with van der Waals surface area (Å²) < 4.78 is 0. The predicted octanol–water partition coefficient (Wildman–Crippen LogP) is 0.893. The molecule has 0 aromatic carbocycles. The third-order valence-corrected chi connectivity index (χ3v) is 0.907. The van der Waals surface area contributed by atoms with E-state index in [9.17, 15) is 0 Å². The van der Waals surface area contributed by atoms with Crippen molar-refractivity contribution in [2.75, 3.05) is 12.8 Å². The third kappa shape index (κ3) is 12.2. The first kappa shape index (κ1) is 12.6. The zero-order valence-electron chi connectivity index (χ0n) is 6.13. The number of oxime groups is 1.